The van der Waals surface area contributed by atoms with Crippen molar-refractivity contribution in [2.75, 3.05) is 0 Å². The average molecular weight is 345 g/mol. The Balaban J connectivity index is 0.00000162. The molecule has 1 aromatic heterocycles. The molecule has 0 saturated carbocycles. The summed E-state index contributed by atoms with van der Waals surface area (Å²) < 4.78 is 1.46. The minimum atomic E-state index is 0. The summed E-state index contributed by atoms with van der Waals surface area (Å²) in [6.07, 6.45) is 1.59. The van der Waals surface area contributed by atoms with Gasteiger partial charge < -0.3 is 12.6 Å². The van der Waals surface area contributed by atoms with Crippen LogP contribution in [0.1, 0.15) is 11.4 Å². The van der Waals surface area contributed by atoms with Crippen molar-refractivity contribution >= 4 is 42.0 Å². The molecule has 96 valence electrons. The predicted octanol–water partition coefficient (Wildman–Crippen LogP) is 2.68. The van der Waals surface area contributed by atoms with E-state index in [0.29, 0.717) is 21.0 Å². The molecule has 0 aliphatic carbocycles. The summed E-state index contributed by atoms with van der Waals surface area (Å²) in [7, 11) is 0. The predicted molar refractivity (Wildman–Crippen MR) is 69.8 cm³/mol. The first-order chi connectivity index (χ1) is 8.08. The van der Waals surface area contributed by atoms with E-state index < -0.39 is 0 Å². The summed E-state index contributed by atoms with van der Waals surface area (Å²) in [6.45, 7) is 1.77. The zero-order valence-corrected chi connectivity index (χ0v) is 12.4. The first-order valence-electron chi connectivity index (χ1n) is 4.66. The fourth-order valence-electron chi connectivity index (χ4n) is 1.20. The number of hydrogen-bond acceptors (Lipinski definition) is 4. The van der Waals surface area contributed by atoms with E-state index in [9.17, 15) is 0 Å². The van der Waals surface area contributed by atoms with Crippen molar-refractivity contribution in [3.63, 3.8) is 0 Å². The van der Waals surface area contributed by atoms with Gasteiger partial charge in [-0.2, -0.15) is 10.2 Å². The molecule has 0 bridgehead atoms. The maximum Gasteiger partial charge on any atom is 2.00 e. The molecule has 2 aromatic rings. The van der Waals surface area contributed by atoms with E-state index in [1.165, 1.54) is 4.68 Å². The van der Waals surface area contributed by atoms with E-state index in [1.54, 1.807) is 31.3 Å². The van der Waals surface area contributed by atoms with Crippen LogP contribution in [-0.4, -0.2) is 21.1 Å². The Morgan fingerprint density at radius 2 is 2.06 bits per heavy atom. The largest absolute Gasteiger partial charge is 2.00 e. The third-order valence-corrected chi connectivity index (χ3v) is 2.86. The van der Waals surface area contributed by atoms with Gasteiger partial charge in [-0.25, -0.2) is 4.68 Å². The molecule has 0 amide bonds. The molecule has 0 spiro atoms. The monoisotopic (exact) mass is 343 g/mol. The summed E-state index contributed by atoms with van der Waals surface area (Å²) in [5.74, 6) is 0.622. The summed E-state index contributed by atoms with van der Waals surface area (Å²) in [6, 6.07) is 5.16. The summed E-state index contributed by atoms with van der Waals surface area (Å²) >= 11 is 16.8. The maximum atomic E-state index is 6.01. The quantitative estimate of drug-likeness (QED) is 0.478. The van der Waals surface area contributed by atoms with Crippen molar-refractivity contribution in [1.29, 1.82) is 0 Å². The molecule has 0 aliphatic heterocycles. The second kappa shape index (κ2) is 6.48. The van der Waals surface area contributed by atoms with Gasteiger partial charge in [-0.15, -0.1) is 5.10 Å². The Hall–Kier alpha value is -0.676. The molecular formula is C10H7Cl2N4NiS+. The van der Waals surface area contributed by atoms with Crippen LogP contribution in [0.5, 0.6) is 0 Å². The Bertz CT molecular complexity index is 566. The van der Waals surface area contributed by atoms with Crippen LogP contribution in [0.2, 0.25) is 10.0 Å². The minimum absolute atomic E-state index is 0. The number of aryl methyl sites for hydroxylation is 1. The van der Waals surface area contributed by atoms with Crippen molar-refractivity contribution in [3.8, 4) is 0 Å². The van der Waals surface area contributed by atoms with Gasteiger partial charge in [-0.3, -0.25) is 0 Å². The number of nitrogens with zero attached hydrogens (tertiary/aromatic N) is 4. The second-order valence-electron chi connectivity index (χ2n) is 3.25. The van der Waals surface area contributed by atoms with Crippen molar-refractivity contribution in [2.45, 2.75) is 12.1 Å². The van der Waals surface area contributed by atoms with E-state index in [0.717, 1.165) is 5.56 Å². The van der Waals surface area contributed by atoms with E-state index in [2.05, 4.69) is 15.3 Å². The van der Waals surface area contributed by atoms with Crippen LogP contribution in [0, 0.1) is 6.92 Å². The molecule has 0 N–H and O–H groups in total. The topological polar surface area (TPSA) is 43.1 Å². The SMILES string of the molecule is Cc1nnc([S-])n1N=Cc1ccc(Cl)cc1Cl.[Ni+2]. The van der Waals surface area contributed by atoms with Gasteiger partial charge in [-0.1, -0.05) is 29.3 Å². The van der Waals surface area contributed by atoms with Gasteiger partial charge in [0.1, 0.15) is 5.82 Å². The van der Waals surface area contributed by atoms with Crippen molar-refractivity contribution in [2.24, 2.45) is 5.10 Å². The molecule has 18 heavy (non-hydrogen) atoms. The third kappa shape index (κ3) is 3.42. The molecule has 1 heterocycles. The number of benzene rings is 1. The normalized spacial score (nSPS) is 10.6. The van der Waals surface area contributed by atoms with Gasteiger partial charge in [0.25, 0.3) is 0 Å². The minimum Gasteiger partial charge on any atom is -0.738 e. The molecule has 0 fully saturated rings. The number of rotatable bonds is 2. The van der Waals surface area contributed by atoms with Crippen LogP contribution >= 0.6 is 23.2 Å². The Labute approximate surface area is 130 Å². The summed E-state index contributed by atoms with van der Waals surface area (Å²) in [5.41, 5.74) is 0.749. The fourth-order valence-corrected chi connectivity index (χ4v) is 1.87. The van der Waals surface area contributed by atoms with Gasteiger partial charge in [0.05, 0.1) is 11.2 Å². The molecule has 0 aliphatic rings. The molecule has 4 nitrogen and oxygen atoms in total. The Morgan fingerprint density at radius 1 is 1.33 bits per heavy atom. The first kappa shape index (κ1) is 15.4. The van der Waals surface area contributed by atoms with Crippen LogP contribution < -0.4 is 0 Å². The Kier molecular flexibility index (Phi) is 5.54. The molecule has 1 aromatic carbocycles. The summed E-state index contributed by atoms with van der Waals surface area (Å²) in [5, 5.41) is 13.1. The van der Waals surface area contributed by atoms with E-state index in [1.807, 2.05) is 0 Å². The first-order valence-corrected chi connectivity index (χ1v) is 5.83. The third-order valence-electron chi connectivity index (χ3n) is 2.04. The standard InChI is InChI=1S/C10H8Cl2N4S.Ni/c1-6-14-15-10(17)16(6)13-5-7-2-3-8(11)4-9(7)12;/h2-5H,1H3,(H,15,17);/q;+2/p-1. The van der Waals surface area contributed by atoms with E-state index >= 15 is 0 Å². The van der Waals surface area contributed by atoms with Crippen LogP contribution in [0.25, 0.3) is 0 Å². The maximum absolute atomic E-state index is 6.01. The molecule has 8 heteroatoms. The van der Waals surface area contributed by atoms with Crippen LogP contribution in [0.15, 0.2) is 28.5 Å². The fraction of sp³-hybridized carbons (Fsp3) is 0.100. The molecular weight excluding hydrogens is 338 g/mol. The zero-order chi connectivity index (χ0) is 12.4. The van der Waals surface area contributed by atoms with Crippen LogP contribution in [0.3, 0.4) is 0 Å². The second-order valence-corrected chi connectivity index (χ2v) is 4.46. The Morgan fingerprint density at radius 3 is 2.61 bits per heavy atom. The van der Waals surface area contributed by atoms with Crippen molar-refractivity contribution in [1.82, 2.24) is 14.9 Å². The molecule has 0 radical (unpaired) electrons. The smallest absolute Gasteiger partial charge is 0.738 e. The number of halogens is 2. The van der Waals surface area contributed by atoms with E-state index in [-0.39, 0.29) is 16.5 Å². The number of aromatic nitrogens is 3. The molecule has 0 atom stereocenters. The molecule has 0 unspecified atom stereocenters. The van der Waals surface area contributed by atoms with Crippen LogP contribution in [-0.2, 0) is 29.1 Å². The van der Waals surface area contributed by atoms with Gasteiger partial charge in [-0.05, 0) is 19.1 Å². The van der Waals surface area contributed by atoms with Gasteiger partial charge >= 0.3 is 16.5 Å². The van der Waals surface area contributed by atoms with Gasteiger partial charge in [0.15, 0.2) is 0 Å². The number of hydrogen-bond donors (Lipinski definition) is 0. The van der Waals surface area contributed by atoms with Gasteiger partial charge in [0.2, 0.25) is 0 Å². The average Bonchev–Trinajstić information content (AvgIpc) is 2.58. The van der Waals surface area contributed by atoms with Crippen molar-refractivity contribution in [3.05, 3.63) is 39.6 Å². The van der Waals surface area contributed by atoms with Crippen molar-refractivity contribution < 1.29 is 16.5 Å². The van der Waals surface area contributed by atoms with E-state index in [4.69, 9.17) is 35.8 Å². The molecule has 0 saturated heterocycles. The van der Waals surface area contributed by atoms with Gasteiger partial charge in [0, 0.05) is 15.7 Å². The summed E-state index contributed by atoms with van der Waals surface area (Å²) in [4.78, 5) is 0. The van der Waals surface area contributed by atoms with Crippen LogP contribution in [0.4, 0.5) is 0 Å². The zero-order valence-electron chi connectivity index (χ0n) is 9.08. The molecule has 2 rings (SSSR count).